The number of amides is 1. The van der Waals surface area contributed by atoms with Crippen molar-refractivity contribution in [2.24, 2.45) is 5.73 Å². The Hall–Kier alpha value is -2.98. The number of primary amides is 1. The fourth-order valence-electron chi connectivity index (χ4n) is 4.05. The van der Waals surface area contributed by atoms with Gasteiger partial charge in [0.1, 0.15) is 10.6 Å². The zero-order valence-electron chi connectivity index (χ0n) is 17.2. The van der Waals surface area contributed by atoms with Gasteiger partial charge in [-0.3, -0.25) is 9.69 Å². The van der Waals surface area contributed by atoms with Crippen molar-refractivity contribution in [1.29, 1.82) is 0 Å². The summed E-state index contributed by atoms with van der Waals surface area (Å²) >= 11 is 1.66. The van der Waals surface area contributed by atoms with Crippen molar-refractivity contribution < 1.29 is 22.9 Å². The minimum atomic E-state index is -2.91. The highest BCUT2D eigenvalue weighted by Crippen LogP contribution is 2.35. The molecule has 1 aliphatic carbocycles. The molecule has 166 valence electrons. The van der Waals surface area contributed by atoms with Crippen LogP contribution in [0.3, 0.4) is 0 Å². The monoisotopic (exact) mass is 458 g/mol. The molecule has 10 heteroatoms. The molecule has 0 saturated heterocycles. The summed E-state index contributed by atoms with van der Waals surface area (Å²) in [6.45, 7) is -1.07. The minimum Gasteiger partial charge on any atom is -0.417 e. The van der Waals surface area contributed by atoms with E-state index in [4.69, 9.17) is 5.73 Å². The first kappa shape index (κ1) is 20.9. The zero-order valence-corrected chi connectivity index (χ0v) is 18.0. The summed E-state index contributed by atoms with van der Waals surface area (Å²) in [7, 11) is 0. The number of rotatable bonds is 7. The molecule has 3 aromatic rings. The van der Waals surface area contributed by atoms with E-state index in [-0.39, 0.29) is 11.6 Å². The molecule has 0 bridgehead atoms. The molecule has 2 aliphatic rings. The molecule has 5 rings (SSSR count). The van der Waals surface area contributed by atoms with Crippen LogP contribution in [0, 0.1) is 0 Å². The largest absolute Gasteiger partial charge is 0.417 e. The third-order valence-electron chi connectivity index (χ3n) is 5.73. The number of fused-ring (bicyclic) bond motifs is 1. The van der Waals surface area contributed by atoms with Gasteiger partial charge in [0.2, 0.25) is 11.4 Å². The first-order chi connectivity index (χ1) is 15.5. The predicted molar refractivity (Wildman–Crippen MR) is 113 cm³/mol. The summed E-state index contributed by atoms with van der Waals surface area (Å²) < 4.78 is 31.6. The van der Waals surface area contributed by atoms with Crippen LogP contribution in [-0.4, -0.2) is 33.9 Å². The Morgan fingerprint density at radius 2 is 2.22 bits per heavy atom. The van der Waals surface area contributed by atoms with E-state index in [1.807, 2.05) is 0 Å². The Labute approximate surface area is 187 Å². The molecule has 4 heterocycles. The summed E-state index contributed by atoms with van der Waals surface area (Å²) in [4.78, 5) is 23.6. The number of halogens is 2. The fourth-order valence-corrected chi connectivity index (χ4v) is 5.01. The van der Waals surface area contributed by atoms with Crippen LogP contribution in [0.5, 0.6) is 5.88 Å². The normalized spacial score (nSPS) is 16.2. The Balaban J connectivity index is 1.41. The van der Waals surface area contributed by atoms with E-state index in [1.165, 1.54) is 25.1 Å². The molecule has 0 unspecified atom stereocenters. The van der Waals surface area contributed by atoms with Crippen LogP contribution in [0.1, 0.15) is 46.2 Å². The maximum atomic E-state index is 12.5. The van der Waals surface area contributed by atoms with E-state index in [0.29, 0.717) is 19.1 Å². The lowest BCUT2D eigenvalue weighted by molar-refractivity contribution is -0.695. The number of nitrogens with two attached hydrogens (primary N) is 1. The van der Waals surface area contributed by atoms with E-state index >= 15 is 0 Å². The maximum Gasteiger partial charge on any atom is 0.388 e. The smallest absolute Gasteiger partial charge is 0.388 e. The second-order valence-electron chi connectivity index (χ2n) is 8.08. The van der Waals surface area contributed by atoms with Crippen LogP contribution in [0.2, 0.25) is 0 Å². The number of carbonyl (C=O) groups is 1. The SMILES string of the molecule is NC(=O)c1cc(-c2c[n+](C3CC3)cs2)c2c(n1)CN(Cc1ccnc(OC(F)F)c1)CC2. The lowest BCUT2D eigenvalue weighted by atomic mass is 9.97. The summed E-state index contributed by atoms with van der Waals surface area (Å²) in [5.41, 5.74) is 11.7. The number of aromatic nitrogens is 3. The molecule has 0 spiro atoms. The van der Waals surface area contributed by atoms with Crippen molar-refractivity contribution in [3.8, 4) is 16.3 Å². The van der Waals surface area contributed by atoms with Gasteiger partial charge in [-0.15, -0.1) is 0 Å². The van der Waals surface area contributed by atoms with Crippen molar-refractivity contribution in [1.82, 2.24) is 14.9 Å². The van der Waals surface area contributed by atoms with Crippen LogP contribution >= 0.6 is 11.3 Å². The van der Waals surface area contributed by atoms with Gasteiger partial charge < -0.3 is 10.5 Å². The van der Waals surface area contributed by atoms with Gasteiger partial charge in [0.25, 0.3) is 5.91 Å². The third-order valence-corrected chi connectivity index (χ3v) is 6.66. The van der Waals surface area contributed by atoms with Gasteiger partial charge in [0.15, 0.2) is 12.2 Å². The number of alkyl halides is 2. The predicted octanol–water partition coefficient (Wildman–Crippen LogP) is 3.09. The van der Waals surface area contributed by atoms with Gasteiger partial charge in [0, 0.05) is 50.3 Å². The van der Waals surface area contributed by atoms with Crippen molar-refractivity contribution in [3.63, 3.8) is 0 Å². The molecule has 3 aromatic heterocycles. The van der Waals surface area contributed by atoms with Gasteiger partial charge >= 0.3 is 6.61 Å². The van der Waals surface area contributed by atoms with Gasteiger partial charge in [-0.1, -0.05) is 11.3 Å². The van der Waals surface area contributed by atoms with Gasteiger partial charge in [-0.05, 0) is 29.7 Å². The molecule has 1 fully saturated rings. The van der Waals surface area contributed by atoms with Gasteiger partial charge in [-0.2, -0.15) is 13.3 Å². The van der Waals surface area contributed by atoms with E-state index < -0.39 is 12.5 Å². The van der Waals surface area contributed by atoms with Crippen molar-refractivity contribution in [2.75, 3.05) is 6.54 Å². The number of thiazole rings is 1. The topological polar surface area (TPSA) is 85.2 Å². The Bertz CT molecular complexity index is 1160. The Morgan fingerprint density at radius 3 is 2.97 bits per heavy atom. The second-order valence-corrected chi connectivity index (χ2v) is 8.97. The molecule has 0 aromatic carbocycles. The molecular formula is C22H22F2N5O2S+. The molecule has 1 aliphatic heterocycles. The average Bonchev–Trinajstić information content (AvgIpc) is 3.49. The van der Waals surface area contributed by atoms with Crippen LogP contribution < -0.4 is 15.0 Å². The third kappa shape index (κ3) is 4.46. The van der Waals surface area contributed by atoms with Crippen molar-refractivity contribution in [3.05, 3.63) is 58.6 Å². The first-order valence-corrected chi connectivity index (χ1v) is 11.3. The molecule has 1 saturated carbocycles. The number of carbonyl (C=O) groups excluding carboxylic acids is 1. The molecule has 7 nitrogen and oxygen atoms in total. The van der Waals surface area contributed by atoms with Crippen molar-refractivity contribution >= 4 is 17.2 Å². The van der Waals surface area contributed by atoms with Gasteiger partial charge in [0.05, 0.1) is 5.69 Å². The molecule has 32 heavy (non-hydrogen) atoms. The quantitative estimate of drug-likeness (QED) is 0.550. The number of hydrogen-bond acceptors (Lipinski definition) is 6. The van der Waals surface area contributed by atoms with E-state index in [9.17, 15) is 13.6 Å². The van der Waals surface area contributed by atoms with Gasteiger partial charge in [-0.25, -0.2) is 9.97 Å². The van der Waals surface area contributed by atoms with Crippen LogP contribution in [0.4, 0.5) is 8.78 Å². The Morgan fingerprint density at radius 1 is 1.38 bits per heavy atom. The Kier molecular flexibility index (Phi) is 5.56. The highest BCUT2D eigenvalue weighted by Gasteiger charge is 2.33. The van der Waals surface area contributed by atoms with Crippen molar-refractivity contribution in [2.45, 2.75) is 45.0 Å². The zero-order chi connectivity index (χ0) is 22.2. The number of nitrogens with zero attached hydrogens (tertiary/aromatic N) is 4. The maximum absolute atomic E-state index is 12.5. The molecule has 0 atom stereocenters. The molecular weight excluding hydrogens is 436 g/mol. The number of ether oxygens (including phenoxy) is 1. The molecule has 0 radical (unpaired) electrons. The lowest BCUT2D eigenvalue weighted by Crippen LogP contribution is -2.32. The average molecular weight is 459 g/mol. The van der Waals surface area contributed by atoms with Crippen LogP contribution in [0.25, 0.3) is 10.4 Å². The molecule has 2 N–H and O–H groups in total. The minimum absolute atomic E-state index is 0.104. The van der Waals surface area contributed by atoms with Crippen LogP contribution in [-0.2, 0) is 19.5 Å². The highest BCUT2D eigenvalue weighted by atomic mass is 32.1. The summed E-state index contributed by atoms with van der Waals surface area (Å²) in [6.07, 6.45) is 6.78. The highest BCUT2D eigenvalue weighted by molar-refractivity contribution is 7.12. The fraction of sp³-hybridized carbons (Fsp3) is 0.364. The van der Waals surface area contributed by atoms with E-state index in [0.717, 1.165) is 40.2 Å². The van der Waals surface area contributed by atoms with E-state index in [2.05, 4.69) is 35.9 Å². The summed E-state index contributed by atoms with van der Waals surface area (Å²) in [5, 5.41) is 0. The lowest BCUT2D eigenvalue weighted by Gasteiger charge is -2.29. The molecule has 1 amide bonds. The number of pyridine rings is 2. The summed E-state index contributed by atoms with van der Waals surface area (Å²) in [6, 6.07) is 5.68. The first-order valence-electron chi connectivity index (χ1n) is 10.4. The number of hydrogen-bond donors (Lipinski definition) is 1. The second kappa shape index (κ2) is 8.51. The standard InChI is InChI=1S/C22H21F2N5O2S/c23-22(24)31-20-7-13(3-5-26-20)9-28-6-4-15-16(8-17(21(25)30)27-18(15)10-28)19-11-29(12-32-19)14-1-2-14/h3,5,7-8,11-12,14,22H,1-2,4,6,9-10H2,(H-,25,30)/p+1. The summed E-state index contributed by atoms with van der Waals surface area (Å²) in [5.74, 6) is -0.659. The van der Waals surface area contributed by atoms with E-state index in [1.54, 1.807) is 23.5 Å². The van der Waals surface area contributed by atoms with Crippen LogP contribution in [0.15, 0.2) is 36.1 Å².